The summed E-state index contributed by atoms with van der Waals surface area (Å²) in [4.78, 5) is 14.8. The first-order chi connectivity index (χ1) is 14.3. The van der Waals surface area contributed by atoms with Crippen molar-refractivity contribution in [1.82, 2.24) is 15.0 Å². The lowest BCUT2D eigenvalue weighted by Gasteiger charge is -2.28. The first-order valence-electron chi connectivity index (χ1n) is 10.00. The molecule has 0 fully saturated rings. The van der Waals surface area contributed by atoms with Crippen molar-refractivity contribution in [3.05, 3.63) is 87.7 Å². The minimum absolute atomic E-state index is 0.986. The molecule has 4 heteroatoms. The van der Waals surface area contributed by atoms with E-state index in [1.54, 1.807) is 0 Å². The van der Waals surface area contributed by atoms with E-state index < -0.39 is 0 Å². The van der Waals surface area contributed by atoms with Crippen molar-refractivity contribution in [1.29, 1.82) is 0 Å². The van der Waals surface area contributed by atoms with Crippen molar-refractivity contribution in [2.24, 2.45) is 0 Å². The Kier molecular flexibility index (Phi) is 3.88. The number of hydrogen-bond acceptors (Lipinski definition) is 3. The second kappa shape index (κ2) is 6.60. The lowest BCUT2D eigenvalue weighted by atomic mass is 9.79. The van der Waals surface area contributed by atoms with Gasteiger partial charge in [-0.25, -0.2) is 4.98 Å². The van der Waals surface area contributed by atoms with Crippen LogP contribution in [-0.4, -0.2) is 15.0 Å². The van der Waals surface area contributed by atoms with Gasteiger partial charge in [0.05, 0.1) is 22.8 Å². The van der Waals surface area contributed by atoms with Crippen molar-refractivity contribution in [3.8, 4) is 33.9 Å². The molecular formula is C25H18BrN3. The predicted octanol–water partition coefficient (Wildman–Crippen LogP) is 5.83. The summed E-state index contributed by atoms with van der Waals surface area (Å²) in [6.07, 6.45) is 7.78. The molecule has 3 heterocycles. The van der Waals surface area contributed by atoms with E-state index in [0.29, 0.717) is 0 Å². The quantitative estimate of drug-likeness (QED) is 0.374. The van der Waals surface area contributed by atoms with E-state index in [4.69, 9.17) is 15.0 Å². The monoisotopic (exact) mass is 439 g/mol. The number of pyridine rings is 3. The Balaban J connectivity index is 1.71. The molecule has 4 aromatic rings. The molecule has 3 aromatic heterocycles. The summed E-state index contributed by atoms with van der Waals surface area (Å²) in [7, 11) is 0. The summed E-state index contributed by atoms with van der Waals surface area (Å²) in [6.45, 7) is 0. The molecule has 0 radical (unpaired) electrons. The summed E-state index contributed by atoms with van der Waals surface area (Å²) < 4.78 is 1.08. The van der Waals surface area contributed by atoms with Crippen LogP contribution in [0.25, 0.3) is 33.9 Å². The van der Waals surface area contributed by atoms with Crippen molar-refractivity contribution in [3.63, 3.8) is 0 Å². The van der Waals surface area contributed by atoms with Crippen LogP contribution in [0.1, 0.15) is 22.3 Å². The van der Waals surface area contributed by atoms with Gasteiger partial charge in [-0.1, -0.05) is 40.2 Å². The third kappa shape index (κ3) is 2.66. The Morgan fingerprint density at radius 2 is 1.24 bits per heavy atom. The lowest BCUT2D eigenvalue weighted by molar-refractivity contribution is 0.875. The second-order valence-corrected chi connectivity index (χ2v) is 8.59. The van der Waals surface area contributed by atoms with E-state index in [-0.39, 0.29) is 0 Å². The Bertz CT molecular complexity index is 1260. The molecule has 0 spiro atoms. The number of aromatic nitrogens is 3. The second-order valence-electron chi connectivity index (χ2n) is 7.67. The van der Waals surface area contributed by atoms with Crippen LogP contribution in [-0.2, 0) is 25.7 Å². The van der Waals surface area contributed by atoms with Gasteiger partial charge in [0, 0.05) is 28.0 Å². The molecule has 0 amide bonds. The predicted molar refractivity (Wildman–Crippen MR) is 119 cm³/mol. The van der Waals surface area contributed by atoms with Gasteiger partial charge in [-0.05, 0) is 72.2 Å². The van der Waals surface area contributed by atoms with Crippen LogP contribution in [0.2, 0.25) is 0 Å². The van der Waals surface area contributed by atoms with Gasteiger partial charge in [0.1, 0.15) is 0 Å². The molecule has 29 heavy (non-hydrogen) atoms. The molecule has 1 aromatic carbocycles. The average Bonchev–Trinajstić information content (AvgIpc) is 2.78. The highest BCUT2D eigenvalue weighted by Gasteiger charge is 2.30. The van der Waals surface area contributed by atoms with Gasteiger partial charge in [0.25, 0.3) is 0 Å². The molecule has 2 aliphatic rings. The summed E-state index contributed by atoms with van der Waals surface area (Å²) in [5, 5.41) is 0. The summed E-state index contributed by atoms with van der Waals surface area (Å²) in [5.74, 6) is 0. The van der Waals surface area contributed by atoms with Gasteiger partial charge in [-0.15, -0.1) is 0 Å². The van der Waals surface area contributed by atoms with E-state index in [0.717, 1.165) is 58.5 Å². The third-order valence-corrected chi connectivity index (χ3v) is 6.58. The van der Waals surface area contributed by atoms with Crippen LogP contribution in [0.15, 0.2) is 65.4 Å². The van der Waals surface area contributed by atoms with E-state index in [2.05, 4.69) is 52.3 Å². The number of hydrogen-bond donors (Lipinski definition) is 0. The Morgan fingerprint density at radius 3 is 1.97 bits per heavy atom. The third-order valence-electron chi connectivity index (χ3n) is 6.05. The van der Waals surface area contributed by atoms with Crippen LogP contribution in [0.5, 0.6) is 0 Å². The fourth-order valence-electron chi connectivity index (χ4n) is 4.72. The number of nitrogens with zero attached hydrogens (tertiary/aromatic N) is 3. The highest BCUT2D eigenvalue weighted by molar-refractivity contribution is 9.10. The van der Waals surface area contributed by atoms with E-state index in [1.807, 2.05) is 24.5 Å². The zero-order chi connectivity index (χ0) is 19.4. The normalized spacial score (nSPS) is 13.8. The van der Waals surface area contributed by atoms with Gasteiger partial charge in [-0.3, -0.25) is 9.97 Å². The molecule has 0 saturated carbocycles. The van der Waals surface area contributed by atoms with Gasteiger partial charge >= 0.3 is 0 Å². The molecule has 3 nitrogen and oxygen atoms in total. The zero-order valence-electron chi connectivity index (χ0n) is 15.8. The molecule has 0 bridgehead atoms. The van der Waals surface area contributed by atoms with Crippen molar-refractivity contribution in [2.45, 2.75) is 25.7 Å². The average molecular weight is 440 g/mol. The molecule has 0 saturated heterocycles. The molecule has 0 atom stereocenters. The molecule has 0 N–H and O–H groups in total. The van der Waals surface area contributed by atoms with Crippen molar-refractivity contribution < 1.29 is 0 Å². The van der Waals surface area contributed by atoms with Crippen LogP contribution >= 0.6 is 15.9 Å². The summed E-state index contributed by atoms with van der Waals surface area (Å²) >= 11 is 3.56. The number of benzene rings is 1. The van der Waals surface area contributed by atoms with E-state index >= 15 is 0 Å². The number of rotatable bonds is 1. The number of fused-ring (bicyclic) bond motifs is 7. The Labute approximate surface area is 178 Å². The molecule has 6 rings (SSSR count). The molecule has 140 valence electrons. The van der Waals surface area contributed by atoms with Gasteiger partial charge in [0.2, 0.25) is 0 Å². The number of aryl methyl sites for hydroxylation is 2. The smallest absolute Gasteiger partial charge is 0.0935 e. The highest BCUT2D eigenvalue weighted by atomic mass is 79.9. The van der Waals surface area contributed by atoms with Gasteiger partial charge < -0.3 is 0 Å². The molecular weight excluding hydrogens is 422 g/mol. The first kappa shape index (κ1) is 17.0. The largest absolute Gasteiger partial charge is 0.256 e. The minimum Gasteiger partial charge on any atom is -0.256 e. The topological polar surface area (TPSA) is 38.7 Å². The zero-order valence-corrected chi connectivity index (χ0v) is 17.4. The van der Waals surface area contributed by atoms with Crippen LogP contribution in [0.4, 0.5) is 0 Å². The Morgan fingerprint density at radius 1 is 0.621 bits per heavy atom. The fourth-order valence-corrected chi connectivity index (χ4v) is 4.98. The maximum absolute atomic E-state index is 5.24. The van der Waals surface area contributed by atoms with Crippen LogP contribution < -0.4 is 0 Å². The fraction of sp³-hybridized carbons (Fsp3) is 0.160. The van der Waals surface area contributed by atoms with Gasteiger partial charge in [0.15, 0.2) is 0 Å². The summed E-state index contributed by atoms with van der Waals surface area (Å²) in [6, 6.07) is 16.9. The minimum atomic E-state index is 0.986. The number of halogens is 1. The summed E-state index contributed by atoms with van der Waals surface area (Å²) in [5.41, 5.74) is 12.0. The maximum Gasteiger partial charge on any atom is 0.0935 e. The maximum atomic E-state index is 5.24. The van der Waals surface area contributed by atoms with Gasteiger partial charge in [-0.2, -0.15) is 0 Å². The standard InChI is InChI=1S/C25H18BrN3/c26-18-9-5-17(6-10-18)22-19-11-7-15-3-1-13-27-23(15)21(19)20-12-8-16-4-2-14-28-24(16)25(20)29-22/h1-6,9-10,13-14H,7-8,11-12H2. The van der Waals surface area contributed by atoms with Crippen molar-refractivity contribution >= 4 is 15.9 Å². The molecule has 0 aliphatic heterocycles. The Hall–Kier alpha value is -2.85. The lowest BCUT2D eigenvalue weighted by Crippen LogP contribution is -2.16. The van der Waals surface area contributed by atoms with Crippen LogP contribution in [0.3, 0.4) is 0 Å². The van der Waals surface area contributed by atoms with E-state index in [9.17, 15) is 0 Å². The van der Waals surface area contributed by atoms with Crippen molar-refractivity contribution in [2.75, 3.05) is 0 Å². The van der Waals surface area contributed by atoms with E-state index in [1.165, 1.54) is 27.8 Å². The molecule has 2 aliphatic carbocycles. The first-order valence-corrected chi connectivity index (χ1v) is 10.8. The highest BCUT2D eigenvalue weighted by Crippen LogP contribution is 2.45. The molecule has 0 unspecified atom stereocenters. The SMILES string of the molecule is Brc1ccc(-c2nc3c(c4c2CCc2cccnc2-4)CCc2cccnc2-3)cc1. The van der Waals surface area contributed by atoms with Crippen LogP contribution in [0, 0.1) is 0 Å².